The van der Waals surface area contributed by atoms with Gasteiger partial charge in [-0.15, -0.1) is 0 Å². The van der Waals surface area contributed by atoms with Crippen molar-refractivity contribution in [2.45, 2.75) is 19.4 Å². The molecule has 1 saturated heterocycles. The molecule has 102 valence electrons. The summed E-state index contributed by atoms with van der Waals surface area (Å²) in [6, 6.07) is 6.41. The third-order valence-electron chi connectivity index (χ3n) is 3.47. The number of carboxylic acids is 1. The van der Waals surface area contributed by atoms with Crippen molar-refractivity contribution in [1.82, 2.24) is 0 Å². The molecule has 1 aromatic rings. The van der Waals surface area contributed by atoms with E-state index in [1.807, 2.05) is 25.1 Å². The maximum Gasteiger partial charge on any atom is 0.328 e. The molecule has 1 unspecified atom stereocenters. The van der Waals surface area contributed by atoms with Crippen LogP contribution < -0.4 is 4.90 Å². The van der Waals surface area contributed by atoms with Gasteiger partial charge in [-0.1, -0.05) is 6.07 Å². The van der Waals surface area contributed by atoms with E-state index in [4.69, 9.17) is 9.84 Å². The van der Waals surface area contributed by atoms with Crippen molar-refractivity contribution in [3.8, 4) is 0 Å². The van der Waals surface area contributed by atoms with Crippen molar-refractivity contribution in [2.24, 2.45) is 0 Å². The van der Waals surface area contributed by atoms with Crippen LogP contribution in [0.4, 0.5) is 5.69 Å². The maximum absolute atomic E-state index is 10.5. The van der Waals surface area contributed by atoms with Crippen LogP contribution in [0.3, 0.4) is 0 Å². The first-order chi connectivity index (χ1) is 9.08. The lowest BCUT2D eigenvalue weighted by molar-refractivity contribution is -0.131. The molecule has 19 heavy (non-hydrogen) atoms. The van der Waals surface area contributed by atoms with Gasteiger partial charge in [-0.25, -0.2) is 4.79 Å². The topological polar surface area (TPSA) is 49.8 Å². The number of benzene rings is 1. The van der Waals surface area contributed by atoms with Crippen molar-refractivity contribution in [3.05, 3.63) is 35.4 Å². The highest BCUT2D eigenvalue weighted by Crippen LogP contribution is 2.25. The quantitative estimate of drug-likeness (QED) is 0.845. The molecule has 1 atom stereocenters. The number of ether oxygens (including phenoxy) is 1. The van der Waals surface area contributed by atoms with Gasteiger partial charge >= 0.3 is 5.97 Å². The lowest BCUT2D eigenvalue weighted by Gasteiger charge is -2.27. The molecule has 2 rings (SSSR count). The summed E-state index contributed by atoms with van der Waals surface area (Å²) >= 11 is 0. The molecular formula is C15H19NO3. The van der Waals surface area contributed by atoms with Gasteiger partial charge in [0.15, 0.2) is 0 Å². The van der Waals surface area contributed by atoms with Crippen LogP contribution in [-0.4, -0.2) is 37.4 Å². The predicted octanol–water partition coefficient (Wildman–Crippen LogP) is 2.32. The predicted molar refractivity (Wildman–Crippen MR) is 75.5 cm³/mol. The fraction of sp³-hybridized carbons (Fsp3) is 0.400. The summed E-state index contributed by atoms with van der Waals surface area (Å²) in [5.74, 6) is -0.929. The van der Waals surface area contributed by atoms with Crippen LogP contribution in [-0.2, 0) is 9.53 Å². The van der Waals surface area contributed by atoms with E-state index in [2.05, 4.69) is 11.9 Å². The summed E-state index contributed by atoms with van der Waals surface area (Å²) in [5.41, 5.74) is 3.21. The van der Waals surface area contributed by atoms with E-state index < -0.39 is 5.97 Å². The molecule has 0 amide bonds. The van der Waals surface area contributed by atoms with Crippen molar-refractivity contribution in [1.29, 1.82) is 0 Å². The first-order valence-corrected chi connectivity index (χ1v) is 6.40. The average Bonchev–Trinajstić information content (AvgIpc) is 2.89. The van der Waals surface area contributed by atoms with E-state index in [9.17, 15) is 4.79 Å². The fourth-order valence-corrected chi connectivity index (χ4v) is 2.37. The second-order valence-electron chi connectivity index (χ2n) is 4.85. The van der Waals surface area contributed by atoms with E-state index >= 15 is 0 Å². The van der Waals surface area contributed by atoms with Crippen LogP contribution in [0.25, 0.3) is 6.08 Å². The van der Waals surface area contributed by atoms with Gasteiger partial charge in [-0.2, -0.15) is 0 Å². The third-order valence-corrected chi connectivity index (χ3v) is 3.47. The molecule has 1 heterocycles. The standard InChI is InChI=1S/C15H19NO3/c1-11-9-12(4-6-15(17)18)3-5-14(11)16(2)13-7-8-19-10-13/h3-6,9,13H,7-8,10H2,1-2H3,(H,17,18)/b6-4+. The molecule has 0 bridgehead atoms. The van der Waals surface area contributed by atoms with Crippen LogP contribution >= 0.6 is 0 Å². The van der Waals surface area contributed by atoms with Crippen molar-refractivity contribution >= 4 is 17.7 Å². The van der Waals surface area contributed by atoms with Crippen molar-refractivity contribution < 1.29 is 14.6 Å². The Bertz CT molecular complexity index is 490. The molecular weight excluding hydrogens is 242 g/mol. The molecule has 4 nitrogen and oxygen atoms in total. The van der Waals surface area contributed by atoms with Gasteiger partial charge in [0.05, 0.1) is 12.6 Å². The molecule has 0 spiro atoms. The number of likely N-dealkylation sites (N-methyl/N-ethyl adjacent to an activating group) is 1. The van der Waals surface area contributed by atoms with Crippen LogP contribution in [0.1, 0.15) is 17.5 Å². The summed E-state index contributed by atoms with van der Waals surface area (Å²) in [6.07, 6.45) is 3.82. The highest BCUT2D eigenvalue weighted by Gasteiger charge is 2.21. The molecule has 0 aliphatic carbocycles. The smallest absolute Gasteiger partial charge is 0.328 e. The van der Waals surface area contributed by atoms with Crippen LogP contribution in [0.15, 0.2) is 24.3 Å². The fourth-order valence-electron chi connectivity index (χ4n) is 2.37. The summed E-state index contributed by atoms with van der Waals surface area (Å²) in [4.78, 5) is 12.7. The Morgan fingerprint density at radius 2 is 2.32 bits per heavy atom. The van der Waals surface area contributed by atoms with Crippen LogP contribution in [0.5, 0.6) is 0 Å². The van der Waals surface area contributed by atoms with E-state index in [1.54, 1.807) is 6.08 Å². The second-order valence-corrected chi connectivity index (χ2v) is 4.85. The Morgan fingerprint density at radius 1 is 1.53 bits per heavy atom. The normalized spacial score (nSPS) is 18.9. The van der Waals surface area contributed by atoms with Gasteiger partial charge in [0.25, 0.3) is 0 Å². The molecule has 1 fully saturated rings. The monoisotopic (exact) mass is 261 g/mol. The lowest BCUT2D eigenvalue weighted by atomic mass is 10.1. The van der Waals surface area contributed by atoms with Gasteiger partial charge in [-0.3, -0.25) is 0 Å². The minimum atomic E-state index is -0.929. The number of nitrogens with zero attached hydrogens (tertiary/aromatic N) is 1. The van der Waals surface area contributed by atoms with Gasteiger partial charge < -0.3 is 14.7 Å². The maximum atomic E-state index is 10.5. The van der Waals surface area contributed by atoms with Crippen LogP contribution in [0.2, 0.25) is 0 Å². The molecule has 1 N–H and O–H groups in total. The molecule has 0 radical (unpaired) electrons. The minimum absolute atomic E-state index is 0.430. The summed E-state index contributed by atoms with van der Waals surface area (Å²) in [5, 5.41) is 8.62. The number of carbonyl (C=O) groups is 1. The summed E-state index contributed by atoms with van der Waals surface area (Å²) < 4.78 is 5.41. The molecule has 4 heteroatoms. The van der Waals surface area contributed by atoms with E-state index in [1.165, 1.54) is 5.69 Å². The molecule has 1 aliphatic heterocycles. The first kappa shape index (κ1) is 13.6. The first-order valence-electron chi connectivity index (χ1n) is 6.40. The van der Waals surface area contributed by atoms with Crippen molar-refractivity contribution in [3.63, 3.8) is 0 Å². The van der Waals surface area contributed by atoms with Gasteiger partial charge in [0.1, 0.15) is 0 Å². The largest absolute Gasteiger partial charge is 0.478 e. The zero-order valence-corrected chi connectivity index (χ0v) is 11.3. The van der Waals surface area contributed by atoms with E-state index in [0.717, 1.165) is 36.8 Å². The number of aryl methyl sites for hydroxylation is 1. The Labute approximate surface area is 113 Å². The Morgan fingerprint density at radius 3 is 2.89 bits per heavy atom. The number of anilines is 1. The molecule has 1 aromatic carbocycles. The number of carboxylic acid groups (broad SMARTS) is 1. The Balaban J connectivity index is 2.16. The van der Waals surface area contributed by atoms with E-state index in [-0.39, 0.29) is 0 Å². The molecule has 0 aromatic heterocycles. The Kier molecular flexibility index (Phi) is 4.22. The van der Waals surface area contributed by atoms with Crippen molar-refractivity contribution in [2.75, 3.05) is 25.2 Å². The Hall–Kier alpha value is -1.81. The van der Waals surface area contributed by atoms with Gasteiger partial charge in [-0.05, 0) is 42.7 Å². The lowest BCUT2D eigenvalue weighted by Crippen LogP contribution is -2.32. The van der Waals surface area contributed by atoms with E-state index in [0.29, 0.717) is 6.04 Å². The number of rotatable bonds is 4. The summed E-state index contributed by atoms with van der Waals surface area (Å²) in [6.45, 7) is 3.64. The molecule has 0 saturated carbocycles. The third kappa shape index (κ3) is 3.35. The zero-order chi connectivity index (χ0) is 13.8. The SMILES string of the molecule is Cc1cc(/C=C/C(=O)O)ccc1N(C)C1CCOC1. The second kappa shape index (κ2) is 5.89. The number of hydrogen-bond donors (Lipinski definition) is 1. The van der Waals surface area contributed by atoms with Gasteiger partial charge in [0.2, 0.25) is 0 Å². The highest BCUT2D eigenvalue weighted by molar-refractivity contribution is 5.85. The number of hydrogen-bond acceptors (Lipinski definition) is 3. The zero-order valence-electron chi connectivity index (χ0n) is 11.3. The summed E-state index contributed by atoms with van der Waals surface area (Å²) in [7, 11) is 2.08. The number of aliphatic carboxylic acids is 1. The average molecular weight is 261 g/mol. The van der Waals surface area contributed by atoms with Gasteiger partial charge in [0, 0.05) is 25.4 Å². The minimum Gasteiger partial charge on any atom is -0.478 e. The van der Waals surface area contributed by atoms with Crippen LogP contribution in [0, 0.1) is 6.92 Å². The molecule has 1 aliphatic rings. The highest BCUT2D eigenvalue weighted by atomic mass is 16.5.